The Morgan fingerprint density at radius 1 is 0.818 bits per heavy atom. The molecule has 4 aliphatic carbocycles. The first-order valence-corrected chi connectivity index (χ1v) is 9.97. The second-order valence-electron chi connectivity index (χ2n) is 9.69. The molecule has 22 heavy (non-hydrogen) atoms. The average Bonchev–Trinajstić information content (AvgIpc) is 2.84. The van der Waals surface area contributed by atoms with Crippen molar-refractivity contribution in [3.8, 4) is 0 Å². The minimum atomic E-state index is 0.338. The van der Waals surface area contributed by atoms with Gasteiger partial charge in [-0.25, -0.2) is 0 Å². The van der Waals surface area contributed by atoms with E-state index in [0.29, 0.717) is 22.5 Å². The Bertz CT molecular complexity index is 469. The second kappa shape index (κ2) is 5.08. The molecule has 0 unspecified atom stereocenters. The van der Waals surface area contributed by atoms with Crippen LogP contribution in [0, 0.1) is 40.4 Å². The SMILES string of the molecule is CC(=O)[C@@H]1CC[C@@H]2[C@@H]3CC[C@H]4CCCC[C@]4(C)[C@@H]3CC[C@@]21C. The van der Waals surface area contributed by atoms with E-state index in [9.17, 15) is 4.79 Å². The van der Waals surface area contributed by atoms with Crippen molar-refractivity contribution in [2.45, 2.75) is 85.0 Å². The van der Waals surface area contributed by atoms with Crippen molar-refractivity contribution in [1.29, 1.82) is 0 Å². The fourth-order valence-electron chi connectivity index (χ4n) is 7.96. The number of hydrogen-bond donors (Lipinski definition) is 0. The highest BCUT2D eigenvalue weighted by Crippen LogP contribution is 2.67. The first kappa shape index (κ1) is 15.2. The second-order valence-corrected chi connectivity index (χ2v) is 9.69. The Balaban J connectivity index is 1.63. The summed E-state index contributed by atoms with van der Waals surface area (Å²) in [5.41, 5.74) is 0.974. The zero-order valence-electron chi connectivity index (χ0n) is 14.9. The van der Waals surface area contributed by atoms with Crippen LogP contribution in [0.15, 0.2) is 0 Å². The van der Waals surface area contributed by atoms with Crippen molar-refractivity contribution < 1.29 is 4.79 Å². The van der Waals surface area contributed by atoms with Gasteiger partial charge in [0, 0.05) is 5.92 Å². The molecule has 7 atom stereocenters. The molecule has 4 fully saturated rings. The van der Waals surface area contributed by atoms with Crippen LogP contribution >= 0.6 is 0 Å². The zero-order chi connectivity index (χ0) is 15.5. The normalized spacial score (nSPS) is 54.2. The molecule has 0 aromatic heterocycles. The van der Waals surface area contributed by atoms with E-state index >= 15 is 0 Å². The molecule has 0 heterocycles. The summed E-state index contributed by atoms with van der Waals surface area (Å²) in [7, 11) is 0. The van der Waals surface area contributed by atoms with E-state index in [4.69, 9.17) is 0 Å². The van der Waals surface area contributed by atoms with Gasteiger partial charge >= 0.3 is 0 Å². The Morgan fingerprint density at radius 3 is 2.36 bits per heavy atom. The topological polar surface area (TPSA) is 17.1 Å². The highest BCUT2D eigenvalue weighted by Gasteiger charge is 2.60. The van der Waals surface area contributed by atoms with E-state index in [-0.39, 0.29) is 0 Å². The summed E-state index contributed by atoms with van der Waals surface area (Å²) in [4.78, 5) is 12.2. The predicted molar refractivity (Wildman–Crippen MR) is 90.5 cm³/mol. The largest absolute Gasteiger partial charge is 0.300 e. The van der Waals surface area contributed by atoms with Crippen molar-refractivity contribution >= 4 is 5.78 Å². The van der Waals surface area contributed by atoms with Crippen LogP contribution in [0.1, 0.15) is 85.0 Å². The van der Waals surface area contributed by atoms with Crippen molar-refractivity contribution in [2.75, 3.05) is 0 Å². The lowest BCUT2D eigenvalue weighted by Gasteiger charge is -2.60. The summed E-state index contributed by atoms with van der Waals surface area (Å²) in [6.45, 7) is 6.97. The van der Waals surface area contributed by atoms with Gasteiger partial charge in [-0.3, -0.25) is 4.79 Å². The van der Waals surface area contributed by atoms with Gasteiger partial charge in [0.1, 0.15) is 5.78 Å². The van der Waals surface area contributed by atoms with Crippen LogP contribution in [0.4, 0.5) is 0 Å². The lowest BCUT2D eigenvalue weighted by atomic mass is 9.45. The van der Waals surface area contributed by atoms with Gasteiger partial charge in [0.25, 0.3) is 0 Å². The van der Waals surface area contributed by atoms with E-state index in [1.165, 1.54) is 64.2 Å². The van der Waals surface area contributed by atoms with Gasteiger partial charge in [-0.15, -0.1) is 0 Å². The summed E-state index contributed by atoms with van der Waals surface area (Å²) < 4.78 is 0. The minimum absolute atomic E-state index is 0.338. The van der Waals surface area contributed by atoms with Gasteiger partial charge in [0.05, 0.1) is 0 Å². The van der Waals surface area contributed by atoms with Crippen molar-refractivity contribution in [3.05, 3.63) is 0 Å². The molecule has 124 valence electrons. The number of ketones is 1. The Morgan fingerprint density at radius 2 is 1.59 bits per heavy atom. The summed E-state index contributed by atoms with van der Waals surface area (Å²) in [5.74, 6) is 4.60. The number of rotatable bonds is 1. The first-order valence-electron chi connectivity index (χ1n) is 9.97. The summed E-state index contributed by atoms with van der Waals surface area (Å²) >= 11 is 0. The highest BCUT2D eigenvalue weighted by molar-refractivity contribution is 5.79. The number of fused-ring (bicyclic) bond motifs is 5. The molecule has 4 aliphatic rings. The summed E-state index contributed by atoms with van der Waals surface area (Å²) in [6, 6.07) is 0. The third-order valence-corrected chi connectivity index (χ3v) is 9.07. The van der Waals surface area contributed by atoms with Gasteiger partial charge in [-0.1, -0.05) is 26.7 Å². The molecule has 4 rings (SSSR count). The summed E-state index contributed by atoms with van der Waals surface area (Å²) in [5, 5.41) is 0. The van der Waals surface area contributed by atoms with Crippen LogP contribution in [0.25, 0.3) is 0 Å². The van der Waals surface area contributed by atoms with Gasteiger partial charge < -0.3 is 0 Å². The van der Waals surface area contributed by atoms with Crippen LogP contribution in [0.2, 0.25) is 0 Å². The molecule has 0 saturated heterocycles. The van der Waals surface area contributed by atoms with Crippen LogP contribution in [-0.4, -0.2) is 5.78 Å². The monoisotopic (exact) mass is 302 g/mol. The summed E-state index contributed by atoms with van der Waals surface area (Å²) in [6.07, 6.45) is 14.1. The van der Waals surface area contributed by atoms with Gasteiger partial charge in [0.2, 0.25) is 0 Å². The fraction of sp³-hybridized carbons (Fsp3) is 0.952. The molecule has 0 N–H and O–H groups in total. The maximum atomic E-state index is 12.2. The number of carbonyl (C=O) groups is 1. The van der Waals surface area contributed by atoms with E-state index in [0.717, 1.165) is 23.7 Å². The maximum absolute atomic E-state index is 12.2. The third kappa shape index (κ3) is 1.93. The van der Waals surface area contributed by atoms with Gasteiger partial charge in [-0.05, 0) is 92.8 Å². The molecule has 0 amide bonds. The minimum Gasteiger partial charge on any atom is -0.300 e. The molecule has 1 heteroatoms. The quantitative estimate of drug-likeness (QED) is 0.614. The molecule has 0 aromatic carbocycles. The lowest BCUT2D eigenvalue weighted by molar-refractivity contribution is -0.133. The van der Waals surface area contributed by atoms with E-state index in [2.05, 4.69) is 13.8 Å². The third-order valence-electron chi connectivity index (χ3n) is 9.07. The Hall–Kier alpha value is -0.330. The lowest BCUT2D eigenvalue weighted by Crippen LogP contribution is -2.53. The average molecular weight is 303 g/mol. The number of hydrogen-bond acceptors (Lipinski definition) is 1. The van der Waals surface area contributed by atoms with Crippen molar-refractivity contribution in [3.63, 3.8) is 0 Å². The molecular weight excluding hydrogens is 268 g/mol. The molecular formula is C21H34O. The molecule has 1 nitrogen and oxygen atoms in total. The first-order chi connectivity index (χ1) is 10.5. The van der Waals surface area contributed by atoms with Crippen molar-refractivity contribution in [2.24, 2.45) is 40.4 Å². The Kier molecular flexibility index (Phi) is 3.51. The fourth-order valence-corrected chi connectivity index (χ4v) is 7.96. The van der Waals surface area contributed by atoms with Gasteiger partial charge in [0.15, 0.2) is 0 Å². The Labute approximate surface area is 136 Å². The van der Waals surface area contributed by atoms with Gasteiger partial charge in [-0.2, -0.15) is 0 Å². The highest BCUT2D eigenvalue weighted by atomic mass is 16.1. The van der Waals surface area contributed by atoms with Crippen LogP contribution in [0.3, 0.4) is 0 Å². The molecule has 4 saturated carbocycles. The maximum Gasteiger partial charge on any atom is 0.133 e. The number of Topliss-reactive ketones (excluding diaryl/α,β-unsaturated/α-hetero) is 1. The van der Waals surface area contributed by atoms with Crippen LogP contribution < -0.4 is 0 Å². The number of carbonyl (C=O) groups excluding carboxylic acids is 1. The zero-order valence-corrected chi connectivity index (χ0v) is 14.9. The predicted octanol–water partition coefficient (Wildman–Crippen LogP) is 5.62. The van der Waals surface area contributed by atoms with E-state index < -0.39 is 0 Å². The smallest absolute Gasteiger partial charge is 0.133 e. The van der Waals surface area contributed by atoms with Crippen LogP contribution in [-0.2, 0) is 4.79 Å². The molecule has 0 aromatic rings. The van der Waals surface area contributed by atoms with E-state index in [1.807, 2.05) is 6.92 Å². The molecule has 0 bridgehead atoms. The van der Waals surface area contributed by atoms with Crippen LogP contribution in [0.5, 0.6) is 0 Å². The van der Waals surface area contributed by atoms with E-state index in [1.54, 1.807) is 0 Å². The van der Waals surface area contributed by atoms with Crippen molar-refractivity contribution in [1.82, 2.24) is 0 Å². The molecule has 0 aliphatic heterocycles. The standard InChI is InChI=1S/C21H34O/c1-14(22)17-9-10-18-16-8-7-15-6-4-5-12-20(15,2)19(16)11-13-21(17,18)3/h15-19H,4-13H2,1-3H3/t15-,16+,17+,18-,19-,20+,21-/m1/s1. The molecule has 0 radical (unpaired) electrons. The molecule has 0 spiro atoms.